The quantitative estimate of drug-likeness (QED) is 0.872. The second kappa shape index (κ2) is 8.62. The Morgan fingerprint density at radius 3 is 2.50 bits per heavy atom. The highest BCUT2D eigenvalue weighted by Gasteiger charge is 2.16. The van der Waals surface area contributed by atoms with E-state index in [2.05, 4.69) is 28.2 Å². The fourth-order valence-electron chi connectivity index (χ4n) is 3.08. The van der Waals surface area contributed by atoms with Crippen LogP contribution in [0.1, 0.15) is 21.5 Å². The number of nitrogens with one attached hydrogen (secondary N) is 1. The number of nitrogens with zero attached hydrogens (tertiary/aromatic N) is 2. The number of amides is 1. The summed E-state index contributed by atoms with van der Waals surface area (Å²) in [6.45, 7) is 5.52. The van der Waals surface area contributed by atoms with E-state index in [1.165, 1.54) is 17.7 Å². The Labute approximate surface area is 158 Å². The van der Waals surface area contributed by atoms with Crippen LogP contribution in [0.5, 0.6) is 0 Å². The molecule has 1 aliphatic rings. The topological polar surface area (TPSA) is 35.6 Å². The minimum absolute atomic E-state index is 0.119. The SMILES string of the molecule is CN1CCN(Cc2ccccc2CNC(=O)c2ccc(F)cc2Cl)CC1. The highest BCUT2D eigenvalue weighted by molar-refractivity contribution is 6.33. The summed E-state index contributed by atoms with van der Waals surface area (Å²) in [7, 11) is 2.14. The van der Waals surface area contributed by atoms with E-state index in [-0.39, 0.29) is 16.5 Å². The molecule has 0 spiro atoms. The lowest BCUT2D eigenvalue weighted by molar-refractivity contribution is 0.0950. The third-order valence-electron chi connectivity index (χ3n) is 4.72. The average molecular weight is 376 g/mol. The summed E-state index contributed by atoms with van der Waals surface area (Å²) in [5.74, 6) is -0.756. The van der Waals surface area contributed by atoms with Crippen molar-refractivity contribution >= 4 is 17.5 Å². The molecule has 0 radical (unpaired) electrons. The zero-order chi connectivity index (χ0) is 18.5. The maximum absolute atomic E-state index is 13.1. The van der Waals surface area contributed by atoms with Crippen molar-refractivity contribution in [2.45, 2.75) is 13.1 Å². The Morgan fingerprint density at radius 1 is 1.12 bits per heavy atom. The Kier molecular flexibility index (Phi) is 6.25. The molecule has 2 aromatic rings. The molecule has 0 atom stereocenters. The van der Waals surface area contributed by atoms with Crippen LogP contribution in [0.4, 0.5) is 4.39 Å². The maximum atomic E-state index is 13.1. The van der Waals surface area contributed by atoms with Crippen LogP contribution in [0.2, 0.25) is 5.02 Å². The molecular weight excluding hydrogens is 353 g/mol. The van der Waals surface area contributed by atoms with Crippen molar-refractivity contribution in [1.29, 1.82) is 0 Å². The first-order valence-corrected chi connectivity index (χ1v) is 9.11. The Balaban J connectivity index is 1.64. The summed E-state index contributed by atoms with van der Waals surface area (Å²) < 4.78 is 13.1. The van der Waals surface area contributed by atoms with Crippen molar-refractivity contribution in [3.05, 3.63) is 70.0 Å². The van der Waals surface area contributed by atoms with Gasteiger partial charge in [0.05, 0.1) is 10.6 Å². The van der Waals surface area contributed by atoms with Gasteiger partial charge in [0.2, 0.25) is 0 Å². The molecule has 1 heterocycles. The van der Waals surface area contributed by atoms with Crippen LogP contribution in [0.25, 0.3) is 0 Å². The number of piperazine rings is 1. The molecule has 0 aromatic heterocycles. The average Bonchev–Trinajstić information content (AvgIpc) is 2.62. The van der Waals surface area contributed by atoms with Gasteiger partial charge in [-0.05, 0) is 36.4 Å². The van der Waals surface area contributed by atoms with Crippen LogP contribution < -0.4 is 5.32 Å². The van der Waals surface area contributed by atoms with Gasteiger partial charge in [-0.1, -0.05) is 35.9 Å². The highest BCUT2D eigenvalue weighted by Crippen LogP contribution is 2.18. The lowest BCUT2D eigenvalue weighted by atomic mass is 10.1. The molecule has 0 saturated carbocycles. The van der Waals surface area contributed by atoms with Gasteiger partial charge in [0, 0.05) is 39.3 Å². The molecule has 2 aromatic carbocycles. The van der Waals surface area contributed by atoms with Gasteiger partial charge in [0.25, 0.3) is 5.91 Å². The van der Waals surface area contributed by atoms with Crippen molar-refractivity contribution < 1.29 is 9.18 Å². The van der Waals surface area contributed by atoms with Crippen molar-refractivity contribution in [3.63, 3.8) is 0 Å². The van der Waals surface area contributed by atoms with E-state index >= 15 is 0 Å². The number of benzene rings is 2. The lowest BCUT2D eigenvalue weighted by Gasteiger charge is -2.32. The zero-order valence-electron chi connectivity index (χ0n) is 14.8. The monoisotopic (exact) mass is 375 g/mol. The summed E-state index contributed by atoms with van der Waals surface area (Å²) in [6, 6.07) is 11.9. The minimum Gasteiger partial charge on any atom is -0.348 e. The van der Waals surface area contributed by atoms with Gasteiger partial charge in [0.15, 0.2) is 0 Å². The van der Waals surface area contributed by atoms with E-state index in [9.17, 15) is 9.18 Å². The van der Waals surface area contributed by atoms with E-state index < -0.39 is 5.82 Å². The van der Waals surface area contributed by atoms with Crippen LogP contribution in [0.15, 0.2) is 42.5 Å². The van der Waals surface area contributed by atoms with Gasteiger partial charge in [0.1, 0.15) is 5.82 Å². The summed E-state index contributed by atoms with van der Waals surface area (Å²) in [6.07, 6.45) is 0. The molecule has 0 unspecified atom stereocenters. The summed E-state index contributed by atoms with van der Waals surface area (Å²) in [5.41, 5.74) is 2.57. The van der Waals surface area contributed by atoms with Crippen molar-refractivity contribution in [1.82, 2.24) is 15.1 Å². The molecular formula is C20H23ClFN3O. The molecule has 6 heteroatoms. The highest BCUT2D eigenvalue weighted by atomic mass is 35.5. The van der Waals surface area contributed by atoms with Gasteiger partial charge in [-0.25, -0.2) is 4.39 Å². The standard InChI is InChI=1S/C20H23ClFN3O/c1-24-8-10-25(11-9-24)14-16-5-3-2-4-15(16)13-23-20(26)18-7-6-17(22)12-19(18)21/h2-7,12H,8-11,13-14H2,1H3,(H,23,26). The predicted octanol–water partition coefficient (Wildman–Crippen LogP) is 3.16. The summed E-state index contributed by atoms with van der Waals surface area (Å²) >= 11 is 5.97. The number of carbonyl (C=O) groups excluding carboxylic acids is 1. The molecule has 3 rings (SSSR count). The maximum Gasteiger partial charge on any atom is 0.253 e. The fourth-order valence-corrected chi connectivity index (χ4v) is 3.33. The van der Waals surface area contributed by atoms with E-state index in [4.69, 9.17) is 11.6 Å². The molecule has 26 heavy (non-hydrogen) atoms. The van der Waals surface area contributed by atoms with Gasteiger partial charge in [-0.15, -0.1) is 0 Å². The largest absolute Gasteiger partial charge is 0.348 e. The van der Waals surface area contributed by atoms with Gasteiger partial charge >= 0.3 is 0 Å². The van der Waals surface area contributed by atoms with Gasteiger partial charge < -0.3 is 10.2 Å². The lowest BCUT2D eigenvalue weighted by Crippen LogP contribution is -2.44. The van der Waals surface area contributed by atoms with Crippen LogP contribution in [-0.2, 0) is 13.1 Å². The molecule has 1 amide bonds. The van der Waals surface area contributed by atoms with Crippen LogP contribution >= 0.6 is 11.6 Å². The smallest absolute Gasteiger partial charge is 0.253 e. The zero-order valence-corrected chi connectivity index (χ0v) is 15.6. The number of hydrogen-bond acceptors (Lipinski definition) is 3. The normalized spacial score (nSPS) is 15.8. The van der Waals surface area contributed by atoms with E-state index in [0.717, 1.165) is 44.4 Å². The van der Waals surface area contributed by atoms with Crippen molar-refractivity contribution in [2.75, 3.05) is 33.2 Å². The molecule has 0 aliphatic carbocycles. The third-order valence-corrected chi connectivity index (χ3v) is 5.04. The van der Waals surface area contributed by atoms with Crippen molar-refractivity contribution in [3.8, 4) is 0 Å². The molecule has 1 saturated heterocycles. The first-order valence-electron chi connectivity index (χ1n) is 8.74. The Morgan fingerprint density at radius 2 is 1.81 bits per heavy atom. The van der Waals surface area contributed by atoms with Gasteiger partial charge in [-0.3, -0.25) is 9.69 Å². The minimum atomic E-state index is -0.455. The first-order chi connectivity index (χ1) is 12.5. The molecule has 1 N–H and O–H groups in total. The fraction of sp³-hybridized carbons (Fsp3) is 0.350. The second-order valence-electron chi connectivity index (χ2n) is 6.65. The van der Waals surface area contributed by atoms with E-state index in [0.29, 0.717) is 6.54 Å². The number of hydrogen-bond donors (Lipinski definition) is 1. The first kappa shape index (κ1) is 18.8. The summed E-state index contributed by atoms with van der Waals surface area (Å²) in [5, 5.41) is 3.01. The van der Waals surface area contributed by atoms with E-state index in [1.54, 1.807) is 0 Å². The number of rotatable bonds is 5. The van der Waals surface area contributed by atoms with Crippen molar-refractivity contribution in [2.24, 2.45) is 0 Å². The van der Waals surface area contributed by atoms with E-state index in [1.807, 2.05) is 18.2 Å². The number of likely N-dealkylation sites (N-methyl/N-ethyl adjacent to an activating group) is 1. The van der Waals surface area contributed by atoms with Crippen LogP contribution in [-0.4, -0.2) is 48.9 Å². The molecule has 0 bridgehead atoms. The van der Waals surface area contributed by atoms with Crippen LogP contribution in [0, 0.1) is 5.82 Å². The number of halogens is 2. The molecule has 1 aliphatic heterocycles. The molecule has 138 valence electrons. The Bertz CT molecular complexity index is 775. The summed E-state index contributed by atoms with van der Waals surface area (Å²) in [4.78, 5) is 17.1. The Hall–Kier alpha value is -1.95. The third kappa shape index (κ3) is 4.81. The molecule has 1 fully saturated rings. The second-order valence-corrected chi connectivity index (χ2v) is 7.06. The van der Waals surface area contributed by atoms with Crippen LogP contribution in [0.3, 0.4) is 0 Å². The molecule has 4 nitrogen and oxygen atoms in total. The predicted molar refractivity (Wildman–Crippen MR) is 102 cm³/mol. The number of carbonyl (C=O) groups is 1. The van der Waals surface area contributed by atoms with Gasteiger partial charge in [-0.2, -0.15) is 0 Å².